The van der Waals surface area contributed by atoms with Crippen molar-refractivity contribution in [3.8, 4) is 22.9 Å². The fourth-order valence-electron chi connectivity index (χ4n) is 3.12. The molecule has 154 valence electrons. The summed E-state index contributed by atoms with van der Waals surface area (Å²) in [6.45, 7) is 2.30. The van der Waals surface area contributed by atoms with Crippen molar-refractivity contribution in [1.29, 1.82) is 0 Å². The predicted molar refractivity (Wildman–Crippen MR) is 106 cm³/mol. The highest BCUT2D eigenvalue weighted by Gasteiger charge is 2.40. The van der Waals surface area contributed by atoms with Crippen LogP contribution >= 0.6 is 0 Å². The minimum Gasteiger partial charge on any atom is -0.495 e. The Kier molecular flexibility index (Phi) is 5.51. The largest absolute Gasteiger partial charge is 0.495 e. The van der Waals surface area contributed by atoms with Gasteiger partial charge in [-0.2, -0.15) is 4.98 Å². The van der Waals surface area contributed by atoms with E-state index in [1.54, 1.807) is 26.4 Å². The number of pyridine rings is 1. The third-order valence-corrected chi connectivity index (χ3v) is 4.93. The average molecular weight is 407 g/mol. The SMILES string of the molecule is COC(=O)c1cnc(-c2cnc(C)nc2OCC2C[C@H]2c2ccc(OC)cn2)cn1. The first kappa shape index (κ1) is 19.7. The van der Waals surface area contributed by atoms with E-state index < -0.39 is 5.97 Å². The highest BCUT2D eigenvalue weighted by molar-refractivity contribution is 5.86. The van der Waals surface area contributed by atoms with Gasteiger partial charge in [-0.25, -0.2) is 14.8 Å². The topological polar surface area (TPSA) is 109 Å². The van der Waals surface area contributed by atoms with Gasteiger partial charge in [0, 0.05) is 23.7 Å². The van der Waals surface area contributed by atoms with Crippen LogP contribution in [0.3, 0.4) is 0 Å². The maximum atomic E-state index is 11.6. The number of hydrogen-bond donors (Lipinski definition) is 0. The molecular weight excluding hydrogens is 386 g/mol. The van der Waals surface area contributed by atoms with Gasteiger partial charge < -0.3 is 14.2 Å². The molecule has 1 fully saturated rings. The van der Waals surface area contributed by atoms with Gasteiger partial charge in [-0.05, 0) is 25.5 Å². The van der Waals surface area contributed by atoms with Crippen molar-refractivity contribution in [1.82, 2.24) is 24.9 Å². The van der Waals surface area contributed by atoms with E-state index in [1.165, 1.54) is 19.5 Å². The predicted octanol–water partition coefficient (Wildman–Crippen LogP) is 2.61. The van der Waals surface area contributed by atoms with Gasteiger partial charge in [-0.15, -0.1) is 0 Å². The third-order valence-electron chi connectivity index (χ3n) is 4.93. The summed E-state index contributed by atoms with van der Waals surface area (Å²) in [6.07, 6.45) is 7.22. The summed E-state index contributed by atoms with van der Waals surface area (Å²) < 4.78 is 15.8. The van der Waals surface area contributed by atoms with E-state index >= 15 is 0 Å². The Balaban J connectivity index is 1.46. The second kappa shape index (κ2) is 8.40. The standard InChI is InChI=1S/C21H21N5O4/c1-12-22-8-16(18-9-25-19(10-24-18)21(27)29-3)20(26-12)30-11-13-6-15(13)17-5-4-14(28-2)7-23-17/h4-5,7-10,13,15H,6,11H2,1-3H3/t13?,15-/m1/s1. The zero-order valence-electron chi connectivity index (χ0n) is 16.9. The minimum absolute atomic E-state index is 0.129. The third kappa shape index (κ3) is 4.19. The molecule has 0 aliphatic heterocycles. The van der Waals surface area contributed by atoms with Crippen LogP contribution in [0.15, 0.2) is 36.9 Å². The van der Waals surface area contributed by atoms with Crippen LogP contribution in [0.1, 0.15) is 34.3 Å². The van der Waals surface area contributed by atoms with Gasteiger partial charge in [0.2, 0.25) is 5.88 Å². The second-order valence-corrected chi connectivity index (χ2v) is 6.95. The molecule has 0 aromatic carbocycles. The number of methoxy groups -OCH3 is 2. The number of carbonyl (C=O) groups is 1. The molecule has 3 aromatic rings. The molecule has 0 bridgehead atoms. The molecule has 1 aliphatic rings. The Labute approximate surface area is 173 Å². The Bertz CT molecular complexity index is 1040. The fourth-order valence-corrected chi connectivity index (χ4v) is 3.12. The summed E-state index contributed by atoms with van der Waals surface area (Å²) in [4.78, 5) is 33.1. The Morgan fingerprint density at radius 3 is 2.60 bits per heavy atom. The lowest BCUT2D eigenvalue weighted by Crippen LogP contribution is -2.07. The lowest BCUT2D eigenvalue weighted by Gasteiger charge is -2.10. The summed E-state index contributed by atoms with van der Waals surface area (Å²) in [6, 6.07) is 3.91. The molecule has 9 heteroatoms. The number of aryl methyl sites for hydroxylation is 1. The van der Waals surface area contributed by atoms with E-state index in [4.69, 9.17) is 9.47 Å². The van der Waals surface area contributed by atoms with Crippen molar-refractivity contribution in [3.63, 3.8) is 0 Å². The fraction of sp³-hybridized carbons (Fsp3) is 0.333. The number of aromatic nitrogens is 5. The Morgan fingerprint density at radius 2 is 1.93 bits per heavy atom. The second-order valence-electron chi connectivity index (χ2n) is 6.95. The summed E-state index contributed by atoms with van der Waals surface area (Å²) in [5.41, 5.74) is 2.29. The highest BCUT2D eigenvalue weighted by Crippen LogP contribution is 2.47. The molecule has 3 aromatic heterocycles. The van der Waals surface area contributed by atoms with Gasteiger partial charge in [-0.1, -0.05) is 0 Å². The van der Waals surface area contributed by atoms with Gasteiger partial charge >= 0.3 is 5.97 Å². The van der Waals surface area contributed by atoms with Gasteiger partial charge in [0.15, 0.2) is 5.69 Å². The van der Waals surface area contributed by atoms with Crippen LogP contribution in [-0.4, -0.2) is 51.7 Å². The molecule has 1 saturated carbocycles. The van der Waals surface area contributed by atoms with E-state index in [1.807, 2.05) is 12.1 Å². The van der Waals surface area contributed by atoms with Crippen LogP contribution in [-0.2, 0) is 4.74 Å². The molecule has 0 saturated heterocycles. The van der Waals surface area contributed by atoms with E-state index in [0.717, 1.165) is 17.9 Å². The van der Waals surface area contributed by atoms with Crippen molar-refractivity contribution in [2.24, 2.45) is 5.92 Å². The summed E-state index contributed by atoms with van der Waals surface area (Å²) in [5.74, 6) is 1.96. The van der Waals surface area contributed by atoms with Crippen LogP contribution in [0.2, 0.25) is 0 Å². The van der Waals surface area contributed by atoms with Crippen LogP contribution in [0.4, 0.5) is 0 Å². The number of esters is 1. The normalized spacial score (nSPS) is 17.3. The summed E-state index contributed by atoms with van der Waals surface area (Å²) in [5, 5.41) is 0. The van der Waals surface area contributed by atoms with Gasteiger partial charge in [0.1, 0.15) is 11.6 Å². The maximum Gasteiger partial charge on any atom is 0.358 e. The van der Waals surface area contributed by atoms with Crippen LogP contribution in [0, 0.1) is 12.8 Å². The molecule has 0 spiro atoms. The number of hydrogen-bond acceptors (Lipinski definition) is 9. The first-order valence-corrected chi connectivity index (χ1v) is 9.46. The molecule has 9 nitrogen and oxygen atoms in total. The van der Waals surface area contributed by atoms with E-state index in [9.17, 15) is 4.79 Å². The molecule has 3 heterocycles. The lowest BCUT2D eigenvalue weighted by molar-refractivity contribution is 0.0593. The molecule has 0 radical (unpaired) electrons. The van der Waals surface area contributed by atoms with Crippen molar-refractivity contribution in [3.05, 3.63) is 54.1 Å². The maximum absolute atomic E-state index is 11.6. The Hall–Kier alpha value is -3.62. The molecule has 0 amide bonds. The van der Waals surface area contributed by atoms with E-state index in [0.29, 0.717) is 41.4 Å². The quantitative estimate of drug-likeness (QED) is 0.546. The molecule has 1 unspecified atom stereocenters. The smallest absolute Gasteiger partial charge is 0.358 e. The van der Waals surface area contributed by atoms with Crippen LogP contribution < -0.4 is 9.47 Å². The van der Waals surface area contributed by atoms with Crippen LogP contribution in [0.25, 0.3) is 11.3 Å². The van der Waals surface area contributed by atoms with E-state index in [2.05, 4.69) is 29.7 Å². The van der Waals surface area contributed by atoms with Gasteiger partial charge in [-0.3, -0.25) is 9.97 Å². The first-order chi connectivity index (χ1) is 14.6. The van der Waals surface area contributed by atoms with Gasteiger partial charge in [0.25, 0.3) is 0 Å². The number of rotatable bonds is 7. The molecule has 30 heavy (non-hydrogen) atoms. The monoisotopic (exact) mass is 407 g/mol. The van der Waals surface area contributed by atoms with Gasteiger partial charge in [0.05, 0.1) is 50.7 Å². The molecule has 0 N–H and O–H groups in total. The number of ether oxygens (including phenoxy) is 3. The minimum atomic E-state index is -0.544. The average Bonchev–Trinajstić information content (AvgIpc) is 3.57. The first-order valence-electron chi connectivity index (χ1n) is 9.46. The number of carbonyl (C=O) groups excluding carboxylic acids is 1. The van der Waals surface area contributed by atoms with Crippen LogP contribution in [0.5, 0.6) is 11.6 Å². The molecular formula is C21H21N5O4. The van der Waals surface area contributed by atoms with Crippen molar-refractivity contribution in [2.75, 3.05) is 20.8 Å². The molecule has 1 aliphatic carbocycles. The number of nitrogens with zero attached hydrogens (tertiary/aromatic N) is 5. The zero-order valence-corrected chi connectivity index (χ0v) is 16.9. The summed E-state index contributed by atoms with van der Waals surface area (Å²) in [7, 11) is 2.92. The summed E-state index contributed by atoms with van der Waals surface area (Å²) >= 11 is 0. The Morgan fingerprint density at radius 1 is 1.07 bits per heavy atom. The van der Waals surface area contributed by atoms with Crippen molar-refractivity contribution >= 4 is 5.97 Å². The molecule has 2 atom stereocenters. The lowest BCUT2D eigenvalue weighted by atomic mass is 10.2. The molecule has 4 rings (SSSR count). The van der Waals surface area contributed by atoms with E-state index in [-0.39, 0.29) is 5.69 Å². The van der Waals surface area contributed by atoms with Crippen molar-refractivity contribution in [2.45, 2.75) is 19.3 Å². The highest BCUT2D eigenvalue weighted by atomic mass is 16.5. The van der Waals surface area contributed by atoms with Crippen molar-refractivity contribution < 1.29 is 19.0 Å². The zero-order chi connectivity index (χ0) is 21.1.